The lowest BCUT2D eigenvalue weighted by Crippen LogP contribution is -2.45. The van der Waals surface area contributed by atoms with Gasteiger partial charge in [0.1, 0.15) is 0 Å². The number of carbonyl (C=O) groups is 2. The highest BCUT2D eigenvalue weighted by Crippen LogP contribution is 2.23. The van der Waals surface area contributed by atoms with Gasteiger partial charge in [-0.1, -0.05) is 12.1 Å². The first kappa shape index (κ1) is 17.4. The Morgan fingerprint density at radius 2 is 2.17 bits per heavy atom. The summed E-state index contributed by atoms with van der Waals surface area (Å²) in [5.74, 6) is 0.591. The minimum Gasteiger partial charge on any atom is -0.343 e. The number of hydrogen-bond acceptors (Lipinski definition) is 5. The second-order valence-corrected chi connectivity index (χ2v) is 6.92. The second-order valence-electron chi connectivity index (χ2n) is 6.92. The zero-order valence-electron chi connectivity index (χ0n) is 14.5. The minimum absolute atomic E-state index is 0.0303. The summed E-state index contributed by atoms with van der Waals surface area (Å²) in [5, 5.41) is 6.91. The van der Waals surface area contributed by atoms with Crippen molar-refractivity contribution in [2.45, 2.75) is 65.5 Å². The van der Waals surface area contributed by atoms with Crippen molar-refractivity contribution in [3.05, 3.63) is 11.7 Å². The number of likely N-dealkylation sites (tertiary alicyclic amines) is 1. The van der Waals surface area contributed by atoms with E-state index in [4.69, 9.17) is 4.52 Å². The van der Waals surface area contributed by atoms with Crippen molar-refractivity contribution in [2.75, 3.05) is 6.54 Å². The van der Waals surface area contributed by atoms with Gasteiger partial charge in [-0.2, -0.15) is 4.98 Å². The van der Waals surface area contributed by atoms with Crippen LogP contribution in [0.5, 0.6) is 0 Å². The van der Waals surface area contributed by atoms with Crippen LogP contribution < -0.4 is 5.32 Å². The molecule has 7 nitrogen and oxygen atoms in total. The summed E-state index contributed by atoms with van der Waals surface area (Å²) in [6.45, 7) is 10.1. The van der Waals surface area contributed by atoms with Crippen LogP contribution in [0.1, 0.15) is 59.2 Å². The fraction of sp³-hybridized carbons (Fsp3) is 0.750. The monoisotopic (exact) mass is 322 g/mol. The largest absolute Gasteiger partial charge is 0.343 e. The SMILES string of the molecule is CCCc1nc(C(C)(C)NC(=O)[C@H]2CC(=O)N(C(C)C)C2)no1. The minimum atomic E-state index is -0.735. The molecule has 0 aromatic carbocycles. The van der Waals surface area contributed by atoms with Crippen molar-refractivity contribution in [3.63, 3.8) is 0 Å². The number of nitrogens with one attached hydrogen (secondary N) is 1. The molecule has 0 spiro atoms. The molecule has 0 bridgehead atoms. The maximum absolute atomic E-state index is 12.5. The molecule has 2 amide bonds. The van der Waals surface area contributed by atoms with Gasteiger partial charge in [-0.15, -0.1) is 0 Å². The molecule has 2 heterocycles. The molecule has 128 valence electrons. The number of rotatable bonds is 6. The Balaban J connectivity index is 2.02. The molecule has 1 saturated heterocycles. The first-order chi connectivity index (χ1) is 10.7. The topological polar surface area (TPSA) is 88.3 Å². The molecule has 1 aromatic heterocycles. The summed E-state index contributed by atoms with van der Waals surface area (Å²) in [5.41, 5.74) is -0.735. The maximum atomic E-state index is 12.5. The van der Waals surface area contributed by atoms with Gasteiger partial charge in [0.05, 0.1) is 11.5 Å². The molecule has 1 aromatic rings. The van der Waals surface area contributed by atoms with Gasteiger partial charge in [0, 0.05) is 25.4 Å². The Morgan fingerprint density at radius 1 is 1.48 bits per heavy atom. The molecule has 0 saturated carbocycles. The van der Waals surface area contributed by atoms with Crippen LogP contribution in [0.2, 0.25) is 0 Å². The Bertz CT molecular complexity index is 580. The summed E-state index contributed by atoms with van der Waals surface area (Å²) in [6, 6.07) is 0.113. The highest BCUT2D eigenvalue weighted by molar-refractivity contribution is 5.89. The van der Waals surface area contributed by atoms with E-state index in [0.717, 1.165) is 12.8 Å². The number of nitrogens with zero attached hydrogens (tertiary/aromatic N) is 3. The Kier molecular flexibility index (Phi) is 5.06. The molecule has 1 atom stereocenters. The summed E-state index contributed by atoms with van der Waals surface area (Å²) in [7, 11) is 0. The zero-order chi connectivity index (χ0) is 17.2. The summed E-state index contributed by atoms with van der Waals surface area (Å²) >= 11 is 0. The van der Waals surface area contributed by atoms with Gasteiger partial charge in [-0.25, -0.2) is 0 Å². The Labute approximate surface area is 136 Å². The fourth-order valence-electron chi connectivity index (χ4n) is 2.70. The highest BCUT2D eigenvalue weighted by atomic mass is 16.5. The molecule has 1 aliphatic heterocycles. The molecule has 0 unspecified atom stereocenters. The van der Waals surface area contributed by atoms with Crippen molar-refractivity contribution in [3.8, 4) is 0 Å². The Hall–Kier alpha value is -1.92. The normalized spacial score (nSPS) is 18.8. The lowest BCUT2D eigenvalue weighted by atomic mass is 10.0. The standard InChI is InChI=1S/C16H26N4O3/c1-6-7-12-17-15(19-23-12)16(4,5)18-14(22)11-8-13(21)20(9-11)10(2)3/h10-11H,6-9H2,1-5H3,(H,18,22)/t11-/m0/s1. The fourth-order valence-corrected chi connectivity index (χ4v) is 2.70. The van der Waals surface area contributed by atoms with Gasteiger partial charge in [-0.3, -0.25) is 9.59 Å². The van der Waals surface area contributed by atoms with Crippen molar-refractivity contribution in [1.29, 1.82) is 0 Å². The number of amides is 2. The summed E-state index contributed by atoms with van der Waals surface area (Å²) in [6.07, 6.45) is 1.90. The van der Waals surface area contributed by atoms with Crippen molar-refractivity contribution >= 4 is 11.8 Å². The average molecular weight is 322 g/mol. The molecule has 0 radical (unpaired) electrons. The van der Waals surface area contributed by atoms with E-state index >= 15 is 0 Å². The smallest absolute Gasteiger partial charge is 0.226 e. The maximum Gasteiger partial charge on any atom is 0.226 e. The lowest BCUT2D eigenvalue weighted by Gasteiger charge is -2.25. The average Bonchev–Trinajstić information content (AvgIpc) is 3.05. The van der Waals surface area contributed by atoms with E-state index < -0.39 is 5.54 Å². The highest BCUT2D eigenvalue weighted by Gasteiger charge is 2.38. The van der Waals surface area contributed by atoms with E-state index in [1.165, 1.54) is 0 Å². The van der Waals surface area contributed by atoms with Crippen LogP contribution in [-0.4, -0.2) is 39.4 Å². The predicted molar refractivity (Wildman–Crippen MR) is 84.4 cm³/mol. The van der Waals surface area contributed by atoms with Gasteiger partial charge in [0.25, 0.3) is 0 Å². The predicted octanol–water partition coefficient (Wildman–Crippen LogP) is 1.63. The van der Waals surface area contributed by atoms with E-state index in [1.807, 2.05) is 34.6 Å². The summed E-state index contributed by atoms with van der Waals surface area (Å²) < 4.78 is 5.19. The van der Waals surface area contributed by atoms with Gasteiger partial charge in [0.15, 0.2) is 5.82 Å². The van der Waals surface area contributed by atoms with Crippen LogP contribution in [0.25, 0.3) is 0 Å². The molecule has 23 heavy (non-hydrogen) atoms. The quantitative estimate of drug-likeness (QED) is 0.860. The Morgan fingerprint density at radius 3 is 2.74 bits per heavy atom. The number of aromatic nitrogens is 2. The molecule has 7 heteroatoms. The molecule has 1 aliphatic rings. The second kappa shape index (κ2) is 6.68. The third kappa shape index (κ3) is 3.89. The van der Waals surface area contributed by atoms with Crippen molar-refractivity contribution < 1.29 is 14.1 Å². The molecule has 2 rings (SSSR count). The van der Waals surface area contributed by atoms with E-state index in [2.05, 4.69) is 15.5 Å². The van der Waals surface area contributed by atoms with Crippen LogP contribution in [0.3, 0.4) is 0 Å². The van der Waals surface area contributed by atoms with Crippen LogP contribution >= 0.6 is 0 Å². The molecule has 1 N–H and O–H groups in total. The van der Waals surface area contributed by atoms with Gasteiger partial charge in [0.2, 0.25) is 17.7 Å². The molecule has 1 fully saturated rings. The van der Waals surface area contributed by atoms with E-state index in [0.29, 0.717) is 18.3 Å². The van der Waals surface area contributed by atoms with Gasteiger partial charge < -0.3 is 14.7 Å². The van der Waals surface area contributed by atoms with Crippen molar-refractivity contribution in [1.82, 2.24) is 20.4 Å². The summed E-state index contributed by atoms with van der Waals surface area (Å²) in [4.78, 5) is 30.5. The van der Waals surface area contributed by atoms with Crippen LogP contribution in [0.4, 0.5) is 0 Å². The first-order valence-corrected chi connectivity index (χ1v) is 8.19. The third-order valence-electron chi connectivity index (χ3n) is 4.08. The number of carbonyl (C=O) groups excluding carboxylic acids is 2. The van der Waals surface area contributed by atoms with Crippen LogP contribution in [-0.2, 0) is 21.5 Å². The van der Waals surface area contributed by atoms with Gasteiger partial charge >= 0.3 is 0 Å². The van der Waals surface area contributed by atoms with E-state index in [1.54, 1.807) is 4.90 Å². The molecular formula is C16H26N4O3. The van der Waals surface area contributed by atoms with Crippen molar-refractivity contribution in [2.24, 2.45) is 5.92 Å². The third-order valence-corrected chi connectivity index (χ3v) is 4.08. The zero-order valence-corrected chi connectivity index (χ0v) is 14.5. The van der Waals surface area contributed by atoms with E-state index in [-0.39, 0.29) is 30.2 Å². The van der Waals surface area contributed by atoms with Crippen LogP contribution in [0.15, 0.2) is 4.52 Å². The first-order valence-electron chi connectivity index (χ1n) is 8.19. The lowest BCUT2D eigenvalue weighted by molar-refractivity contribution is -0.130. The molecule has 0 aliphatic carbocycles. The number of hydrogen-bond donors (Lipinski definition) is 1. The number of aryl methyl sites for hydroxylation is 1. The molecular weight excluding hydrogens is 296 g/mol. The van der Waals surface area contributed by atoms with Gasteiger partial charge in [-0.05, 0) is 34.1 Å². The van der Waals surface area contributed by atoms with E-state index in [9.17, 15) is 9.59 Å². The van der Waals surface area contributed by atoms with Crippen LogP contribution in [0, 0.1) is 5.92 Å².